The van der Waals surface area contributed by atoms with Gasteiger partial charge in [-0.25, -0.2) is 9.79 Å². The van der Waals surface area contributed by atoms with E-state index in [0.717, 1.165) is 43.9 Å². The van der Waals surface area contributed by atoms with E-state index in [-0.39, 0.29) is 12.1 Å². The van der Waals surface area contributed by atoms with Crippen LogP contribution in [0.4, 0.5) is 10.5 Å². The number of likely N-dealkylation sites (tertiary alicyclic amines) is 1. The number of carbonyl (C=O) groups is 1. The highest BCUT2D eigenvalue weighted by molar-refractivity contribution is 5.92. The van der Waals surface area contributed by atoms with Crippen molar-refractivity contribution in [1.82, 2.24) is 9.80 Å². The van der Waals surface area contributed by atoms with Gasteiger partial charge in [0.2, 0.25) is 0 Å². The molecule has 1 atom stereocenters. The molecule has 0 N–H and O–H groups in total. The summed E-state index contributed by atoms with van der Waals surface area (Å²) >= 11 is 0. The maximum absolute atomic E-state index is 12.3. The van der Waals surface area contributed by atoms with Crippen molar-refractivity contribution < 1.29 is 9.53 Å². The van der Waals surface area contributed by atoms with E-state index in [1.807, 2.05) is 33.9 Å². The molecule has 2 aliphatic heterocycles. The first-order chi connectivity index (χ1) is 11.3. The minimum atomic E-state index is -0.461. The lowest BCUT2D eigenvalue weighted by molar-refractivity contribution is 0.0168. The quantitative estimate of drug-likeness (QED) is 0.791. The van der Waals surface area contributed by atoms with Crippen LogP contribution >= 0.6 is 0 Å². The number of ether oxygens (including phenoxy) is 1. The minimum absolute atomic E-state index is 0.167. The zero-order valence-corrected chi connectivity index (χ0v) is 15.1. The van der Waals surface area contributed by atoms with Crippen LogP contribution in [0.15, 0.2) is 29.3 Å². The minimum Gasteiger partial charge on any atom is -0.444 e. The van der Waals surface area contributed by atoms with Gasteiger partial charge in [0.05, 0.1) is 11.7 Å². The molecule has 24 heavy (non-hydrogen) atoms. The predicted molar refractivity (Wildman–Crippen MR) is 95.8 cm³/mol. The molecule has 0 unspecified atom stereocenters. The van der Waals surface area contributed by atoms with Gasteiger partial charge in [-0.1, -0.05) is 18.2 Å². The molecule has 1 fully saturated rings. The van der Waals surface area contributed by atoms with Crippen LogP contribution in [0.5, 0.6) is 0 Å². The summed E-state index contributed by atoms with van der Waals surface area (Å²) in [5.41, 5.74) is 1.90. The number of aliphatic imine (C=N–C) groups is 1. The molecule has 0 saturated carbocycles. The number of piperidine rings is 1. The number of hydrogen-bond acceptors (Lipinski definition) is 4. The molecule has 0 bridgehead atoms. The highest BCUT2D eigenvalue weighted by atomic mass is 16.6. The van der Waals surface area contributed by atoms with Crippen LogP contribution in [0.3, 0.4) is 0 Å². The maximum Gasteiger partial charge on any atom is 0.410 e. The molecular formula is C19H27N3O2. The topological polar surface area (TPSA) is 45.1 Å². The third-order valence-corrected chi connectivity index (χ3v) is 4.58. The maximum atomic E-state index is 12.3. The van der Waals surface area contributed by atoms with E-state index in [9.17, 15) is 4.79 Å². The lowest BCUT2D eigenvalue weighted by atomic mass is 10.0. The Morgan fingerprint density at radius 3 is 2.79 bits per heavy atom. The Kier molecular flexibility index (Phi) is 4.52. The summed E-state index contributed by atoms with van der Waals surface area (Å²) in [6.07, 6.45) is 2.71. The smallest absolute Gasteiger partial charge is 0.410 e. The third-order valence-electron chi connectivity index (χ3n) is 4.58. The molecule has 5 heteroatoms. The predicted octanol–water partition coefficient (Wildman–Crippen LogP) is 3.60. The van der Waals surface area contributed by atoms with Gasteiger partial charge in [0.1, 0.15) is 11.4 Å². The molecular weight excluding hydrogens is 302 g/mol. The van der Waals surface area contributed by atoms with E-state index in [1.54, 1.807) is 4.90 Å². The zero-order valence-electron chi connectivity index (χ0n) is 15.1. The van der Waals surface area contributed by atoms with Gasteiger partial charge in [-0.3, -0.25) is 0 Å². The molecule has 1 saturated heterocycles. The van der Waals surface area contributed by atoms with Gasteiger partial charge in [-0.15, -0.1) is 0 Å². The first-order valence-corrected chi connectivity index (χ1v) is 8.70. The summed E-state index contributed by atoms with van der Waals surface area (Å²) in [6.45, 7) is 7.53. The first kappa shape index (κ1) is 16.8. The molecule has 3 rings (SSSR count). The summed E-state index contributed by atoms with van der Waals surface area (Å²) in [5, 5.41) is 0. The number of amidine groups is 1. The van der Waals surface area contributed by atoms with E-state index in [0.29, 0.717) is 0 Å². The zero-order chi connectivity index (χ0) is 17.3. The van der Waals surface area contributed by atoms with Crippen LogP contribution < -0.4 is 0 Å². The monoisotopic (exact) mass is 329 g/mol. The van der Waals surface area contributed by atoms with Crippen LogP contribution in [-0.4, -0.2) is 53.5 Å². The highest BCUT2D eigenvalue weighted by Gasteiger charge is 2.31. The summed E-state index contributed by atoms with van der Waals surface area (Å²) < 4.78 is 5.50. The van der Waals surface area contributed by atoms with Crippen molar-refractivity contribution in [3.8, 4) is 0 Å². The fraction of sp³-hybridized carbons (Fsp3) is 0.579. The molecule has 5 nitrogen and oxygen atoms in total. The van der Waals surface area contributed by atoms with Crippen molar-refractivity contribution in [2.24, 2.45) is 4.99 Å². The molecule has 2 heterocycles. The lowest BCUT2D eigenvalue weighted by Crippen LogP contribution is -2.51. The molecule has 1 amide bonds. The SMILES string of the molecule is CN(C(=O)OC(C)(C)C)[C@H]1CCCN(C2=Nc3ccccc3C2)C1. The Morgan fingerprint density at radius 2 is 2.08 bits per heavy atom. The van der Waals surface area contributed by atoms with Gasteiger partial charge in [0.15, 0.2) is 0 Å². The average Bonchev–Trinajstić information content (AvgIpc) is 2.96. The number of amides is 1. The van der Waals surface area contributed by atoms with Gasteiger partial charge in [0, 0.05) is 26.6 Å². The molecule has 1 aromatic carbocycles. The van der Waals surface area contributed by atoms with Crippen LogP contribution in [0.25, 0.3) is 0 Å². The van der Waals surface area contributed by atoms with Crippen molar-refractivity contribution in [3.05, 3.63) is 29.8 Å². The number of fused-ring (bicyclic) bond motifs is 1. The van der Waals surface area contributed by atoms with Crippen molar-refractivity contribution in [2.45, 2.75) is 51.7 Å². The molecule has 0 aliphatic carbocycles. The fourth-order valence-electron chi connectivity index (χ4n) is 3.29. The van der Waals surface area contributed by atoms with Crippen LogP contribution in [0.1, 0.15) is 39.2 Å². The van der Waals surface area contributed by atoms with Crippen molar-refractivity contribution in [3.63, 3.8) is 0 Å². The molecule has 0 spiro atoms. The number of para-hydroxylation sites is 1. The van der Waals surface area contributed by atoms with E-state index in [1.165, 1.54) is 5.56 Å². The first-order valence-electron chi connectivity index (χ1n) is 8.70. The fourth-order valence-corrected chi connectivity index (χ4v) is 3.29. The van der Waals surface area contributed by atoms with Gasteiger partial charge < -0.3 is 14.5 Å². The van der Waals surface area contributed by atoms with Gasteiger partial charge in [-0.2, -0.15) is 0 Å². The van der Waals surface area contributed by atoms with Crippen LogP contribution in [0, 0.1) is 0 Å². The number of hydrogen-bond donors (Lipinski definition) is 0. The van der Waals surface area contributed by atoms with Gasteiger partial charge >= 0.3 is 6.09 Å². The van der Waals surface area contributed by atoms with Crippen molar-refractivity contribution in [2.75, 3.05) is 20.1 Å². The summed E-state index contributed by atoms with van der Waals surface area (Å²) in [6, 6.07) is 8.46. The van der Waals surface area contributed by atoms with Crippen molar-refractivity contribution in [1.29, 1.82) is 0 Å². The number of nitrogens with zero attached hydrogens (tertiary/aromatic N) is 3. The Balaban J connectivity index is 1.64. The second-order valence-electron chi connectivity index (χ2n) is 7.67. The average molecular weight is 329 g/mol. The number of rotatable bonds is 1. The number of carbonyl (C=O) groups excluding carboxylic acids is 1. The highest BCUT2D eigenvalue weighted by Crippen LogP contribution is 2.28. The van der Waals surface area contributed by atoms with Gasteiger partial charge in [-0.05, 0) is 45.2 Å². The second-order valence-corrected chi connectivity index (χ2v) is 7.67. The van der Waals surface area contributed by atoms with Crippen molar-refractivity contribution >= 4 is 17.6 Å². The van der Waals surface area contributed by atoms with E-state index >= 15 is 0 Å². The summed E-state index contributed by atoms with van der Waals surface area (Å²) in [4.78, 5) is 21.2. The third kappa shape index (κ3) is 3.71. The molecule has 0 aromatic heterocycles. The normalized spacial score (nSPS) is 20.4. The van der Waals surface area contributed by atoms with E-state index in [4.69, 9.17) is 9.73 Å². The Labute approximate surface area is 144 Å². The Hall–Kier alpha value is -2.04. The Bertz CT molecular complexity index is 648. The van der Waals surface area contributed by atoms with Crippen LogP contribution in [-0.2, 0) is 11.2 Å². The van der Waals surface area contributed by atoms with Gasteiger partial charge in [0.25, 0.3) is 0 Å². The number of benzene rings is 1. The standard InChI is InChI=1S/C19H27N3O2/c1-19(2,3)24-18(23)21(4)15-9-7-11-22(13-15)17-12-14-8-5-6-10-16(14)20-17/h5-6,8,10,15H,7,9,11-13H2,1-4H3/t15-/m0/s1. The number of likely N-dealkylation sites (N-methyl/N-ethyl adjacent to an activating group) is 1. The molecule has 130 valence electrons. The Morgan fingerprint density at radius 1 is 1.33 bits per heavy atom. The molecule has 0 radical (unpaired) electrons. The van der Waals surface area contributed by atoms with Crippen LogP contribution in [0.2, 0.25) is 0 Å². The lowest BCUT2D eigenvalue weighted by Gasteiger charge is -2.39. The second kappa shape index (κ2) is 6.46. The molecule has 2 aliphatic rings. The largest absolute Gasteiger partial charge is 0.444 e. The van der Waals surface area contributed by atoms with E-state index < -0.39 is 5.60 Å². The van der Waals surface area contributed by atoms with E-state index in [2.05, 4.69) is 23.1 Å². The summed E-state index contributed by atoms with van der Waals surface area (Å²) in [7, 11) is 1.84. The molecule has 1 aromatic rings. The summed E-state index contributed by atoms with van der Waals surface area (Å²) in [5.74, 6) is 1.12.